The van der Waals surface area contributed by atoms with Crippen LogP contribution in [0, 0.1) is 11.8 Å². The highest BCUT2D eigenvalue weighted by Gasteiger charge is 2.32. The Kier molecular flexibility index (Phi) is 4.65. The Bertz CT molecular complexity index is 394. The fourth-order valence-corrected chi connectivity index (χ4v) is 3.14. The third kappa shape index (κ3) is 2.56. The van der Waals surface area contributed by atoms with Gasteiger partial charge in [-0.1, -0.05) is 18.5 Å². The summed E-state index contributed by atoms with van der Waals surface area (Å²) in [4.78, 5) is 0. The fraction of sp³-hybridized carbons (Fsp3) is 0.769. The Morgan fingerprint density at radius 2 is 2.44 bits per heavy atom. The lowest BCUT2D eigenvalue weighted by molar-refractivity contribution is 0.0105. The molecule has 0 aromatic carbocycles. The lowest BCUT2D eigenvalue weighted by Gasteiger charge is -2.35. The van der Waals surface area contributed by atoms with Crippen molar-refractivity contribution in [1.82, 2.24) is 15.1 Å². The number of aryl methyl sites for hydroxylation is 1. The number of nitrogens with zero attached hydrogens (tertiary/aromatic N) is 2. The molecule has 0 saturated carbocycles. The zero-order chi connectivity index (χ0) is 13.1. The van der Waals surface area contributed by atoms with Gasteiger partial charge in [-0.05, 0) is 32.2 Å². The Hall–Kier alpha value is -0.580. The largest absolute Gasteiger partial charge is 0.381 e. The second-order valence-corrected chi connectivity index (χ2v) is 5.37. The molecule has 0 aliphatic carbocycles. The first kappa shape index (κ1) is 13.8. The highest BCUT2D eigenvalue weighted by atomic mass is 35.5. The molecule has 0 bridgehead atoms. The molecule has 1 aliphatic heterocycles. The van der Waals surface area contributed by atoms with Gasteiger partial charge < -0.3 is 10.1 Å². The van der Waals surface area contributed by atoms with Crippen molar-refractivity contribution in [1.29, 1.82) is 0 Å². The smallest absolute Gasteiger partial charge is 0.0834 e. The van der Waals surface area contributed by atoms with Crippen molar-refractivity contribution in [2.24, 2.45) is 11.8 Å². The second-order valence-electron chi connectivity index (χ2n) is 4.96. The average Bonchev–Trinajstić information content (AvgIpc) is 2.74. The number of ether oxygens (including phenoxy) is 1. The molecule has 1 N–H and O–H groups in total. The van der Waals surface area contributed by atoms with Crippen molar-refractivity contribution < 1.29 is 4.74 Å². The minimum Gasteiger partial charge on any atom is -0.381 e. The van der Waals surface area contributed by atoms with Crippen LogP contribution in [-0.4, -0.2) is 30.0 Å². The van der Waals surface area contributed by atoms with E-state index < -0.39 is 0 Å². The van der Waals surface area contributed by atoms with E-state index >= 15 is 0 Å². The third-order valence-corrected chi connectivity index (χ3v) is 4.16. The normalized spacial score (nSPS) is 26.2. The maximum atomic E-state index is 6.31. The van der Waals surface area contributed by atoms with Crippen molar-refractivity contribution in [3.05, 3.63) is 16.9 Å². The summed E-state index contributed by atoms with van der Waals surface area (Å²) < 4.78 is 7.52. The number of hydrogen-bond acceptors (Lipinski definition) is 3. The van der Waals surface area contributed by atoms with Gasteiger partial charge in [0.2, 0.25) is 0 Å². The van der Waals surface area contributed by atoms with Crippen molar-refractivity contribution in [3.8, 4) is 0 Å². The molecule has 102 valence electrons. The molecule has 3 unspecified atom stereocenters. The van der Waals surface area contributed by atoms with E-state index in [1.54, 1.807) is 6.20 Å². The van der Waals surface area contributed by atoms with Crippen molar-refractivity contribution in [2.45, 2.75) is 32.9 Å². The summed E-state index contributed by atoms with van der Waals surface area (Å²) in [6, 6.07) is 0.249. The Balaban J connectivity index is 2.29. The molecule has 1 aliphatic rings. The van der Waals surface area contributed by atoms with Gasteiger partial charge in [0, 0.05) is 19.8 Å². The third-order valence-electron chi connectivity index (χ3n) is 3.87. The van der Waals surface area contributed by atoms with E-state index in [1.165, 1.54) is 0 Å². The molecular weight excluding hydrogens is 250 g/mol. The van der Waals surface area contributed by atoms with Crippen LogP contribution in [0.25, 0.3) is 0 Å². The minimum atomic E-state index is 0.249. The number of rotatable bonds is 4. The fourth-order valence-electron chi connectivity index (χ4n) is 2.88. The Morgan fingerprint density at radius 1 is 1.67 bits per heavy atom. The van der Waals surface area contributed by atoms with Crippen LogP contribution in [0.1, 0.15) is 32.0 Å². The van der Waals surface area contributed by atoms with Crippen molar-refractivity contribution in [2.75, 3.05) is 20.3 Å². The van der Waals surface area contributed by atoms with Crippen molar-refractivity contribution >= 4 is 11.6 Å². The molecule has 0 radical (unpaired) electrons. The highest BCUT2D eigenvalue weighted by Crippen LogP contribution is 2.36. The van der Waals surface area contributed by atoms with Crippen LogP contribution in [0.3, 0.4) is 0 Å². The second kappa shape index (κ2) is 6.04. The molecule has 1 saturated heterocycles. The summed E-state index contributed by atoms with van der Waals surface area (Å²) in [5.41, 5.74) is 1.11. The van der Waals surface area contributed by atoms with E-state index in [9.17, 15) is 0 Å². The molecule has 18 heavy (non-hydrogen) atoms. The Morgan fingerprint density at radius 3 is 3.06 bits per heavy atom. The summed E-state index contributed by atoms with van der Waals surface area (Å²) in [6.45, 7) is 6.85. The van der Waals surface area contributed by atoms with Crippen LogP contribution in [0.2, 0.25) is 5.02 Å². The van der Waals surface area contributed by atoms with Gasteiger partial charge in [-0.15, -0.1) is 0 Å². The van der Waals surface area contributed by atoms with Crippen LogP contribution in [0.15, 0.2) is 6.20 Å². The Labute approximate surface area is 114 Å². The first-order valence-electron chi connectivity index (χ1n) is 6.65. The molecule has 1 fully saturated rings. The predicted molar refractivity (Wildman–Crippen MR) is 72.8 cm³/mol. The predicted octanol–water partition coefficient (Wildman–Crippen LogP) is 2.49. The molecule has 0 spiro atoms. The molecule has 1 aromatic heterocycles. The average molecular weight is 272 g/mol. The van der Waals surface area contributed by atoms with Gasteiger partial charge in [0.25, 0.3) is 0 Å². The van der Waals surface area contributed by atoms with Crippen LogP contribution in [0.4, 0.5) is 0 Å². The van der Waals surface area contributed by atoms with E-state index in [0.717, 1.165) is 36.9 Å². The number of halogens is 1. The van der Waals surface area contributed by atoms with Gasteiger partial charge >= 0.3 is 0 Å². The van der Waals surface area contributed by atoms with Crippen LogP contribution >= 0.6 is 11.6 Å². The summed E-state index contributed by atoms with van der Waals surface area (Å²) in [5.74, 6) is 1.08. The van der Waals surface area contributed by atoms with E-state index in [2.05, 4.69) is 24.3 Å². The van der Waals surface area contributed by atoms with Crippen LogP contribution in [0.5, 0.6) is 0 Å². The summed E-state index contributed by atoms with van der Waals surface area (Å²) in [5, 5.41) is 8.51. The maximum absolute atomic E-state index is 6.31. The standard InChI is InChI=1S/C13H22ClN3O/c1-4-17-13(11(14)7-16-17)12(15-3)10-5-6-18-8-9(10)2/h7,9-10,12,15H,4-6,8H2,1-3H3. The summed E-state index contributed by atoms with van der Waals surface area (Å²) in [6.07, 6.45) is 2.81. The molecule has 4 nitrogen and oxygen atoms in total. The quantitative estimate of drug-likeness (QED) is 0.915. The molecule has 2 rings (SSSR count). The van der Waals surface area contributed by atoms with E-state index in [4.69, 9.17) is 16.3 Å². The summed E-state index contributed by atoms with van der Waals surface area (Å²) in [7, 11) is 2.00. The molecule has 0 amide bonds. The number of aromatic nitrogens is 2. The number of hydrogen-bond donors (Lipinski definition) is 1. The maximum Gasteiger partial charge on any atom is 0.0834 e. The molecule has 2 heterocycles. The topological polar surface area (TPSA) is 39.1 Å². The van der Waals surface area contributed by atoms with Gasteiger partial charge in [-0.25, -0.2) is 0 Å². The first-order valence-corrected chi connectivity index (χ1v) is 7.03. The highest BCUT2D eigenvalue weighted by molar-refractivity contribution is 6.31. The SMILES string of the molecule is CCn1ncc(Cl)c1C(NC)C1CCOCC1C. The summed E-state index contributed by atoms with van der Waals surface area (Å²) >= 11 is 6.31. The first-order chi connectivity index (χ1) is 8.69. The zero-order valence-corrected chi connectivity index (χ0v) is 12.1. The van der Waals surface area contributed by atoms with Crippen LogP contribution < -0.4 is 5.32 Å². The molecule has 3 atom stereocenters. The van der Waals surface area contributed by atoms with E-state index in [1.807, 2.05) is 11.7 Å². The van der Waals surface area contributed by atoms with Gasteiger partial charge in [0.05, 0.1) is 23.0 Å². The monoisotopic (exact) mass is 271 g/mol. The van der Waals surface area contributed by atoms with Gasteiger partial charge in [-0.3, -0.25) is 4.68 Å². The van der Waals surface area contributed by atoms with Gasteiger partial charge in [0.1, 0.15) is 0 Å². The molecular formula is C13H22ClN3O. The van der Waals surface area contributed by atoms with Crippen LogP contribution in [-0.2, 0) is 11.3 Å². The van der Waals surface area contributed by atoms with Gasteiger partial charge in [-0.2, -0.15) is 5.10 Å². The minimum absolute atomic E-state index is 0.249. The lowest BCUT2D eigenvalue weighted by Crippen LogP contribution is -2.36. The lowest BCUT2D eigenvalue weighted by atomic mass is 9.82. The zero-order valence-electron chi connectivity index (χ0n) is 11.3. The molecule has 5 heteroatoms. The van der Waals surface area contributed by atoms with Crippen molar-refractivity contribution in [3.63, 3.8) is 0 Å². The van der Waals surface area contributed by atoms with E-state index in [0.29, 0.717) is 11.8 Å². The number of nitrogens with one attached hydrogen (secondary N) is 1. The van der Waals surface area contributed by atoms with E-state index in [-0.39, 0.29) is 6.04 Å². The molecule has 1 aromatic rings. The van der Waals surface area contributed by atoms with Gasteiger partial charge in [0.15, 0.2) is 0 Å².